The van der Waals surface area contributed by atoms with Crippen LogP contribution in [0.25, 0.3) is 6.08 Å². The molecule has 0 bridgehead atoms. The number of carboxylic acids is 1. The van der Waals surface area contributed by atoms with Crippen LogP contribution in [0, 0.1) is 11.8 Å². The predicted octanol–water partition coefficient (Wildman–Crippen LogP) is 1.47. The van der Waals surface area contributed by atoms with Gasteiger partial charge in [0, 0.05) is 5.03 Å². The first-order valence-corrected chi connectivity index (χ1v) is 7.56. The van der Waals surface area contributed by atoms with Crippen LogP contribution in [0.1, 0.15) is 18.4 Å². The van der Waals surface area contributed by atoms with E-state index in [4.69, 9.17) is 11.6 Å². The maximum atomic E-state index is 12.6. The summed E-state index contributed by atoms with van der Waals surface area (Å²) in [5, 5.41) is 11.1. The first-order valence-electron chi connectivity index (χ1n) is 7.19. The standard InChI is InChI=1S/C17H14ClNO4/c18-11-5-6-13-14(9-11)17(23)19(16(13)22)12-3-1-2-10(8-12)4-7-15(20)21/h1-5,7-8,13-14H,6,9H2,(H,20,21)/p-1/t13-,14+/m1/s1. The summed E-state index contributed by atoms with van der Waals surface area (Å²) >= 11 is 5.99. The Morgan fingerprint density at radius 2 is 2.00 bits per heavy atom. The number of benzene rings is 1. The van der Waals surface area contributed by atoms with E-state index in [-0.39, 0.29) is 17.7 Å². The lowest BCUT2D eigenvalue weighted by Crippen LogP contribution is -2.30. The predicted molar refractivity (Wildman–Crippen MR) is 83.1 cm³/mol. The Kier molecular flexibility index (Phi) is 4.05. The van der Waals surface area contributed by atoms with E-state index in [1.807, 2.05) is 0 Å². The Labute approximate surface area is 137 Å². The molecule has 5 nitrogen and oxygen atoms in total. The fraction of sp³-hybridized carbons (Fsp3) is 0.235. The molecule has 0 unspecified atom stereocenters. The maximum Gasteiger partial charge on any atom is 0.238 e. The van der Waals surface area contributed by atoms with Crippen LogP contribution in [0.3, 0.4) is 0 Å². The molecule has 1 aliphatic carbocycles. The van der Waals surface area contributed by atoms with Crippen molar-refractivity contribution in [2.24, 2.45) is 11.8 Å². The van der Waals surface area contributed by atoms with Crippen molar-refractivity contribution < 1.29 is 19.5 Å². The first kappa shape index (κ1) is 15.5. The second kappa shape index (κ2) is 6.01. The molecular formula is C17H13ClNO4-. The molecule has 0 spiro atoms. The Balaban J connectivity index is 1.91. The summed E-state index contributed by atoms with van der Waals surface area (Å²) in [7, 11) is 0. The molecule has 0 N–H and O–H groups in total. The van der Waals surface area contributed by atoms with Crippen LogP contribution in [0.4, 0.5) is 5.69 Å². The second-order valence-electron chi connectivity index (χ2n) is 5.56. The largest absolute Gasteiger partial charge is 0.545 e. The molecule has 2 atom stereocenters. The van der Waals surface area contributed by atoms with Crippen LogP contribution in [0.15, 0.2) is 41.4 Å². The zero-order valence-corrected chi connectivity index (χ0v) is 12.8. The minimum absolute atomic E-state index is 0.235. The molecule has 23 heavy (non-hydrogen) atoms. The zero-order valence-electron chi connectivity index (χ0n) is 12.1. The zero-order chi connectivity index (χ0) is 16.6. The minimum Gasteiger partial charge on any atom is -0.545 e. The Morgan fingerprint density at radius 1 is 1.26 bits per heavy atom. The highest BCUT2D eigenvalue weighted by atomic mass is 35.5. The molecule has 0 radical (unpaired) electrons. The van der Waals surface area contributed by atoms with Crippen LogP contribution in [-0.2, 0) is 14.4 Å². The molecule has 2 amide bonds. The molecule has 1 heterocycles. The molecule has 2 aliphatic rings. The number of halogens is 1. The lowest BCUT2D eigenvalue weighted by molar-refractivity contribution is -0.297. The van der Waals surface area contributed by atoms with Crippen LogP contribution < -0.4 is 10.0 Å². The Morgan fingerprint density at radius 3 is 2.74 bits per heavy atom. The Hall–Kier alpha value is -2.40. The number of allylic oxidation sites excluding steroid dienone is 2. The first-order chi connectivity index (χ1) is 11.0. The van der Waals surface area contributed by atoms with Gasteiger partial charge in [0.25, 0.3) is 0 Å². The molecule has 1 fully saturated rings. The number of aliphatic carboxylic acids is 1. The van der Waals surface area contributed by atoms with Gasteiger partial charge >= 0.3 is 0 Å². The van der Waals surface area contributed by atoms with Crippen LogP contribution >= 0.6 is 11.6 Å². The highest BCUT2D eigenvalue weighted by Gasteiger charge is 2.48. The summed E-state index contributed by atoms with van der Waals surface area (Å²) in [6.07, 6.45) is 4.90. The van der Waals surface area contributed by atoms with Crippen LogP contribution in [0.2, 0.25) is 0 Å². The molecule has 0 saturated carbocycles. The molecule has 1 saturated heterocycles. The van der Waals surface area contributed by atoms with Gasteiger partial charge in [0.15, 0.2) is 0 Å². The molecule has 0 aromatic heterocycles. The summed E-state index contributed by atoms with van der Waals surface area (Å²) in [4.78, 5) is 36.8. The lowest BCUT2D eigenvalue weighted by atomic mass is 9.85. The van der Waals surface area contributed by atoms with Crippen LogP contribution in [0.5, 0.6) is 0 Å². The van der Waals surface area contributed by atoms with Gasteiger partial charge in [-0.1, -0.05) is 35.9 Å². The number of hydrogen-bond donors (Lipinski definition) is 0. The Bertz CT molecular complexity index is 753. The van der Waals surface area contributed by atoms with E-state index in [1.165, 1.54) is 11.0 Å². The third-order valence-electron chi connectivity index (χ3n) is 4.11. The topological polar surface area (TPSA) is 77.5 Å². The highest BCUT2D eigenvalue weighted by Crippen LogP contribution is 2.40. The van der Waals surface area contributed by atoms with Crippen molar-refractivity contribution in [3.8, 4) is 0 Å². The SMILES string of the molecule is O=C([O-])C=Cc1cccc(N2C(=O)[C@H]3CC(Cl)=CC[C@H]3C2=O)c1. The van der Waals surface area contributed by atoms with E-state index >= 15 is 0 Å². The molecule has 1 aromatic carbocycles. The molecule has 1 aliphatic heterocycles. The monoisotopic (exact) mass is 330 g/mol. The molecule has 3 rings (SSSR count). The van der Waals surface area contributed by atoms with E-state index in [0.717, 1.165) is 6.08 Å². The van der Waals surface area contributed by atoms with Gasteiger partial charge in [-0.15, -0.1) is 0 Å². The molecule has 6 heteroatoms. The number of carboxylic acid groups (broad SMARTS) is 1. The fourth-order valence-corrected chi connectivity index (χ4v) is 3.27. The third kappa shape index (κ3) is 2.92. The number of imide groups is 1. The van der Waals surface area contributed by atoms with Crippen molar-refractivity contribution >= 4 is 41.1 Å². The van der Waals surface area contributed by atoms with Gasteiger partial charge in [0.05, 0.1) is 23.5 Å². The second-order valence-corrected chi connectivity index (χ2v) is 6.05. The van der Waals surface area contributed by atoms with E-state index in [9.17, 15) is 19.5 Å². The van der Waals surface area contributed by atoms with Gasteiger partial charge in [-0.05, 0) is 36.6 Å². The van der Waals surface area contributed by atoms with Crippen molar-refractivity contribution in [3.05, 3.63) is 47.0 Å². The maximum absolute atomic E-state index is 12.6. The number of anilines is 1. The summed E-state index contributed by atoms with van der Waals surface area (Å²) in [5.74, 6) is -2.58. The van der Waals surface area contributed by atoms with Crippen LogP contribution in [-0.4, -0.2) is 17.8 Å². The van der Waals surface area contributed by atoms with Crippen molar-refractivity contribution in [1.29, 1.82) is 0 Å². The van der Waals surface area contributed by atoms with Crippen molar-refractivity contribution in [2.45, 2.75) is 12.8 Å². The van der Waals surface area contributed by atoms with Gasteiger partial charge in [0.2, 0.25) is 11.8 Å². The number of hydrogen-bond acceptors (Lipinski definition) is 4. The van der Waals surface area contributed by atoms with Gasteiger partial charge < -0.3 is 9.90 Å². The van der Waals surface area contributed by atoms with E-state index < -0.39 is 11.9 Å². The number of carbonyl (C=O) groups is 3. The average Bonchev–Trinajstić information content (AvgIpc) is 2.76. The van der Waals surface area contributed by atoms with E-state index in [0.29, 0.717) is 29.1 Å². The van der Waals surface area contributed by atoms with Crippen molar-refractivity contribution in [2.75, 3.05) is 4.90 Å². The summed E-state index contributed by atoms with van der Waals surface area (Å²) < 4.78 is 0. The quantitative estimate of drug-likeness (QED) is 0.621. The number of fused-ring (bicyclic) bond motifs is 1. The average molecular weight is 331 g/mol. The molecule has 118 valence electrons. The van der Waals surface area contributed by atoms with Crippen molar-refractivity contribution in [1.82, 2.24) is 0 Å². The lowest BCUT2D eigenvalue weighted by Gasteiger charge is -2.17. The van der Waals surface area contributed by atoms with Gasteiger partial charge in [0.1, 0.15) is 0 Å². The number of carbonyl (C=O) groups excluding carboxylic acids is 3. The number of nitrogens with zero attached hydrogens (tertiary/aromatic N) is 1. The molecule has 1 aromatic rings. The number of rotatable bonds is 3. The highest BCUT2D eigenvalue weighted by molar-refractivity contribution is 6.30. The molecular weight excluding hydrogens is 318 g/mol. The fourth-order valence-electron chi connectivity index (χ4n) is 3.01. The smallest absolute Gasteiger partial charge is 0.238 e. The minimum atomic E-state index is -1.31. The summed E-state index contributed by atoms with van der Waals surface area (Å²) in [5.41, 5.74) is 1.00. The summed E-state index contributed by atoms with van der Waals surface area (Å²) in [6.45, 7) is 0. The number of amides is 2. The van der Waals surface area contributed by atoms with Gasteiger partial charge in [-0.25, -0.2) is 0 Å². The van der Waals surface area contributed by atoms with Crippen molar-refractivity contribution in [3.63, 3.8) is 0 Å². The van der Waals surface area contributed by atoms with E-state index in [1.54, 1.807) is 30.3 Å². The third-order valence-corrected chi connectivity index (χ3v) is 4.42. The normalized spacial score (nSPS) is 24.0. The summed E-state index contributed by atoms with van der Waals surface area (Å²) in [6, 6.07) is 6.59. The van der Waals surface area contributed by atoms with Gasteiger partial charge in [-0.2, -0.15) is 0 Å². The van der Waals surface area contributed by atoms with E-state index in [2.05, 4.69) is 0 Å². The van der Waals surface area contributed by atoms with Gasteiger partial charge in [-0.3, -0.25) is 14.5 Å².